The van der Waals surface area contributed by atoms with Gasteiger partial charge in [-0.15, -0.1) is 0 Å². The molecule has 0 aromatic heterocycles. The highest BCUT2D eigenvalue weighted by Crippen LogP contribution is 2.30. The van der Waals surface area contributed by atoms with Gasteiger partial charge in [0.2, 0.25) is 0 Å². The van der Waals surface area contributed by atoms with Gasteiger partial charge in [0, 0.05) is 32.2 Å². The molecule has 2 nitrogen and oxygen atoms in total. The maximum absolute atomic E-state index is 2.66. The van der Waals surface area contributed by atoms with Crippen LogP contribution < -0.4 is 0 Å². The number of nitrogens with zero attached hydrogens (tertiary/aromatic N) is 2. The van der Waals surface area contributed by atoms with Crippen LogP contribution in [0, 0.1) is 5.92 Å². The second-order valence-electron chi connectivity index (χ2n) is 4.55. The predicted molar refractivity (Wildman–Crippen MR) is 51.3 cm³/mol. The minimum atomic E-state index is 0.782. The molecule has 1 atom stereocenters. The van der Waals surface area contributed by atoms with Crippen molar-refractivity contribution in [1.82, 2.24) is 9.80 Å². The molecule has 70 valence electrons. The van der Waals surface area contributed by atoms with Crippen LogP contribution in [0.15, 0.2) is 0 Å². The van der Waals surface area contributed by atoms with E-state index in [1.807, 2.05) is 0 Å². The first-order valence-corrected chi connectivity index (χ1v) is 5.18. The van der Waals surface area contributed by atoms with Gasteiger partial charge < -0.3 is 4.90 Å². The molecule has 0 radical (unpaired) electrons. The van der Waals surface area contributed by atoms with Crippen LogP contribution in [0.2, 0.25) is 0 Å². The van der Waals surface area contributed by atoms with Gasteiger partial charge in [0.05, 0.1) is 0 Å². The third kappa shape index (κ3) is 1.99. The Hall–Kier alpha value is -0.0800. The Kier molecular flexibility index (Phi) is 2.37. The largest absolute Gasteiger partial charge is 0.304 e. The molecule has 0 amide bonds. The zero-order chi connectivity index (χ0) is 8.55. The number of piperazine rings is 1. The van der Waals surface area contributed by atoms with E-state index in [-0.39, 0.29) is 0 Å². The second kappa shape index (κ2) is 3.35. The van der Waals surface area contributed by atoms with E-state index in [1.165, 1.54) is 39.0 Å². The monoisotopic (exact) mass is 168 g/mol. The highest BCUT2D eigenvalue weighted by molar-refractivity contribution is 4.83. The third-order valence-corrected chi connectivity index (χ3v) is 3.16. The average molecular weight is 168 g/mol. The van der Waals surface area contributed by atoms with Crippen molar-refractivity contribution in [3.8, 4) is 0 Å². The van der Waals surface area contributed by atoms with E-state index in [1.54, 1.807) is 0 Å². The highest BCUT2D eigenvalue weighted by Gasteiger charge is 2.28. The lowest BCUT2D eigenvalue weighted by atomic mass is 10.2. The molecule has 1 aliphatic carbocycles. The summed E-state index contributed by atoms with van der Waals surface area (Å²) < 4.78 is 0. The van der Waals surface area contributed by atoms with E-state index in [0.717, 1.165) is 12.0 Å². The van der Waals surface area contributed by atoms with Gasteiger partial charge in [-0.1, -0.05) is 0 Å². The van der Waals surface area contributed by atoms with Gasteiger partial charge in [-0.2, -0.15) is 0 Å². The molecule has 12 heavy (non-hydrogen) atoms. The van der Waals surface area contributed by atoms with Crippen molar-refractivity contribution in [1.29, 1.82) is 0 Å². The first kappa shape index (κ1) is 8.52. The van der Waals surface area contributed by atoms with Crippen LogP contribution in [0.1, 0.15) is 19.8 Å². The molecule has 0 N–H and O–H groups in total. The summed E-state index contributed by atoms with van der Waals surface area (Å²) in [6.45, 7) is 7.53. The lowest BCUT2D eigenvalue weighted by Crippen LogP contribution is -2.50. The van der Waals surface area contributed by atoms with Crippen LogP contribution >= 0.6 is 0 Å². The van der Waals surface area contributed by atoms with Crippen LogP contribution in [0.5, 0.6) is 0 Å². The Bertz CT molecular complexity index is 154. The second-order valence-corrected chi connectivity index (χ2v) is 4.55. The van der Waals surface area contributed by atoms with Gasteiger partial charge in [0.25, 0.3) is 0 Å². The molecular weight excluding hydrogens is 148 g/mol. The standard InChI is InChI=1S/C10H20N2/c1-9-7-11(2)5-6-12(9)8-10-3-4-10/h9-10H,3-8H2,1-2H3/t9-/m1/s1. The fourth-order valence-electron chi connectivity index (χ4n) is 2.08. The Balaban J connectivity index is 1.80. The van der Waals surface area contributed by atoms with Crippen molar-refractivity contribution in [2.24, 2.45) is 5.92 Å². The lowest BCUT2D eigenvalue weighted by Gasteiger charge is -2.38. The molecule has 0 unspecified atom stereocenters. The van der Waals surface area contributed by atoms with E-state index in [0.29, 0.717) is 0 Å². The molecule has 0 spiro atoms. The van der Waals surface area contributed by atoms with E-state index in [9.17, 15) is 0 Å². The van der Waals surface area contributed by atoms with Crippen molar-refractivity contribution < 1.29 is 0 Å². The van der Waals surface area contributed by atoms with Crippen LogP contribution in [0.25, 0.3) is 0 Å². The Morgan fingerprint density at radius 3 is 2.58 bits per heavy atom. The molecule has 2 rings (SSSR count). The van der Waals surface area contributed by atoms with Crippen molar-refractivity contribution in [3.63, 3.8) is 0 Å². The van der Waals surface area contributed by atoms with Crippen molar-refractivity contribution in [3.05, 3.63) is 0 Å². The summed E-state index contributed by atoms with van der Waals surface area (Å²) in [7, 11) is 2.23. The van der Waals surface area contributed by atoms with Crippen LogP contribution in [0.4, 0.5) is 0 Å². The van der Waals surface area contributed by atoms with Crippen LogP contribution in [0.3, 0.4) is 0 Å². The Morgan fingerprint density at radius 2 is 2.00 bits per heavy atom. The van der Waals surface area contributed by atoms with Gasteiger partial charge in [-0.3, -0.25) is 4.90 Å². The molecule has 0 aromatic carbocycles. The van der Waals surface area contributed by atoms with Crippen LogP contribution in [-0.2, 0) is 0 Å². The number of hydrogen-bond acceptors (Lipinski definition) is 2. The van der Waals surface area contributed by atoms with E-state index in [2.05, 4.69) is 23.8 Å². The van der Waals surface area contributed by atoms with E-state index >= 15 is 0 Å². The van der Waals surface area contributed by atoms with Gasteiger partial charge in [0.1, 0.15) is 0 Å². The number of hydrogen-bond donors (Lipinski definition) is 0. The highest BCUT2D eigenvalue weighted by atomic mass is 15.3. The molecule has 1 saturated heterocycles. The normalized spacial score (nSPS) is 34.0. The summed E-state index contributed by atoms with van der Waals surface area (Å²) in [6, 6.07) is 0.782. The van der Waals surface area contributed by atoms with E-state index < -0.39 is 0 Å². The van der Waals surface area contributed by atoms with Gasteiger partial charge in [-0.05, 0) is 32.7 Å². The molecule has 2 aliphatic rings. The van der Waals surface area contributed by atoms with Crippen LogP contribution in [-0.4, -0.2) is 49.1 Å². The summed E-state index contributed by atoms with van der Waals surface area (Å²) >= 11 is 0. The minimum Gasteiger partial charge on any atom is -0.304 e. The summed E-state index contributed by atoms with van der Waals surface area (Å²) in [5, 5.41) is 0. The zero-order valence-corrected chi connectivity index (χ0v) is 8.29. The predicted octanol–water partition coefficient (Wildman–Crippen LogP) is 1.03. The SMILES string of the molecule is C[C@@H]1CN(C)CCN1CC1CC1. The fraction of sp³-hybridized carbons (Fsp3) is 1.00. The van der Waals surface area contributed by atoms with Gasteiger partial charge in [0.15, 0.2) is 0 Å². The number of rotatable bonds is 2. The summed E-state index contributed by atoms with van der Waals surface area (Å²) in [5.74, 6) is 1.05. The fourth-order valence-corrected chi connectivity index (χ4v) is 2.08. The third-order valence-electron chi connectivity index (χ3n) is 3.16. The van der Waals surface area contributed by atoms with Crippen molar-refractivity contribution >= 4 is 0 Å². The van der Waals surface area contributed by atoms with Gasteiger partial charge in [-0.25, -0.2) is 0 Å². The lowest BCUT2D eigenvalue weighted by molar-refractivity contribution is 0.0959. The molecule has 2 fully saturated rings. The Morgan fingerprint density at radius 1 is 1.25 bits per heavy atom. The molecule has 0 bridgehead atoms. The Labute approximate surface area is 75.5 Å². The maximum atomic E-state index is 2.66. The molecular formula is C10H20N2. The molecule has 2 heteroatoms. The summed E-state index contributed by atoms with van der Waals surface area (Å²) in [4.78, 5) is 5.10. The molecule has 1 aliphatic heterocycles. The first-order valence-electron chi connectivity index (χ1n) is 5.18. The summed E-state index contributed by atoms with van der Waals surface area (Å²) in [6.07, 6.45) is 2.97. The maximum Gasteiger partial charge on any atom is 0.0195 e. The molecule has 1 saturated carbocycles. The molecule has 1 heterocycles. The first-order chi connectivity index (χ1) is 5.75. The van der Waals surface area contributed by atoms with Gasteiger partial charge >= 0.3 is 0 Å². The van der Waals surface area contributed by atoms with Crippen molar-refractivity contribution in [2.75, 3.05) is 33.2 Å². The molecule has 0 aromatic rings. The van der Waals surface area contributed by atoms with E-state index in [4.69, 9.17) is 0 Å². The zero-order valence-electron chi connectivity index (χ0n) is 8.29. The smallest absolute Gasteiger partial charge is 0.0195 e. The minimum absolute atomic E-state index is 0.782. The number of likely N-dealkylation sites (N-methyl/N-ethyl adjacent to an activating group) is 1. The average Bonchev–Trinajstić information content (AvgIpc) is 2.79. The summed E-state index contributed by atoms with van der Waals surface area (Å²) in [5.41, 5.74) is 0. The van der Waals surface area contributed by atoms with Crippen molar-refractivity contribution in [2.45, 2.75) is 25.8 Å². The topological polar surface area (TPSA) is 6.48 Å². The quantitative estimate of drug-likeness (QED) is 0.607.